The van der Waals surface area contributed by atoms with Crippen molar-refractivity contribution < 1.29 is 32.9 Å². The average Bonchev–Trinajstić information content (AvgIpc) is 1.55. The molecule has 0 unspecified atom stereocenters. The summed E-state index contributed by atoms with van der Waals surface area (Å²) in [5, 5.41) is 8.23. The highest BCUT2D eigenvalue weighted by Gasteiger charge is 2.19. The van der Waals surface area contributed by atoms with Crippen LogP contribution in [0.5, 0.6) is 0 Å². The van der Waals surface area contributed by atoms with Crippen molar-refractivity contribution in [2.45, 2.75) is 0 Å². The van der Waals surface area contributed by atoms with E-state index in [1.807, 2.05) is 261 Å². The van der Waals surface area contributed by atoms with Gasteiger partial charge in [-0.3, -0.25) is 0 Å². The van der Waals surface area contributed by atoms with E-state index in [2.05, 4.69) is 64.7 Å². The van der Waals surface area contributed by atoms with Crippen LogP contribution in [-0.4, -0.2) is 22.8 Å². The Bertz CT molecular complexity index is 9360. The smallest absolute Gasteiger partial charge is 0.0645 e. The summed E-state index contributed by atoms with van der Waals surface area (Å²) < 4.78 is 211. The molecular formula is C125H95N5. The predicted octanol–water partition coefficient (Wildman–Crippen LogP) is 33.3. The first-order chi connectivity index (χ1) is 74.0. The van der Waals surface area contributed by atoms with E-state index in [9.17, 15) is 0 Å². The van der Waals surface area contributed by atoms with Crippen molar-refractivity contribution >= 4 is 109 Å². The van der Waals surface area contributed by atoms with Gasteiger partial charge in [0.25, 0.3) is 0 Å². The van der Waals surface area contributed by atoms with E-state index in [1.54, 1.807) is 72.3 Å². The van der Waals surface area contributed by atoms with Gasteiger partial charge in [-0.1, -0.05) is 364 Å². The number of fused-ring (bicyclic) bond motifs is 15. The van der Waals surface area contributed by atoms with Crippen molar-refractivity contribution in [3.8, 4) is 111 Å². The fraction of sp³-hybridized carbons (Fsp3) is 0.0400. The van der Waals surface area contributed by atoms with Gasteiger partial charge in [0.15, 0.2) is 0 Å². The third-order valence-electron chi connectivity index (χ3n) is 24.2. The normalized spacial score (nSPS) is 13.9. The number of hydrogen-bond donors (Lipinski definition) is 0. The lowest BCUT2D eigenvalue weighted by molar-refractivity contribution is 1.01. The Morgan fingerprint density at radius 3 is 0.615 bits per heavy atom. The molecule has 0 radical (unpaired) electrons. The monoisotopic (exact) mass is 1690 g/mol. The Morgan fingerprint density at radius 2 is 0.331 bits per heavy atom. The average molecular weight is 1690 g/mol. The lowest BCUT2D eigenvalue weighted by Gasteiger charge is -2.03. The van der Waals surface area contributed by atoms with Gasteiger partial charge in [-0.25, -0.2) is 0 Å². The molecule has 25 rings (SSSR count). The highest BCUT2D eigenvalue weighted by molar-refractivity contribution is 6.15. The van der Waals surface area contributed by atoms with Crippen molar-refractivity contribution in [1.82, 2.24) is 22.8 Å². The highest BCUT2D eigenvalue weighted by Crippen LogP contribution is 2.42. The second-order valence-electron chi connectivity index (χ2n) is 31.8. The fourth-order valence-corrected chi connectivity index (χ4v) is 17.4. The maximum atomic E-state index is 9.00. The van der Waals surface area contributed by atoms with Crippen LogP contribution in [-0.2, 0) is 35.2 Å². The summed E-state index contributed by atoms with van der Waals surface area (Å²) in [5.41, 5.74) is 22.6. The van der Waals surface area contributed by atoms with Gasteiger partial charge in [0.05, 0.1) is 32.9 Å². The number of aryl methyl sites for hydroxylation is 5. The van der Waals surface area contributed by atoms with Gasteiger partial charge in [0, 0.05) is 144 Å². The Labute approximate surface area is 792 Å². The molecule has 25 aromatic rings. The molecule has 20 aromatic carbocycles. The summed E-state index contributed by atoms with van der Waals surface area (Å²) in [6, 6.07) is 107. The lowest BCUT2D eigenvalue weighted by Crippen LogP contribution is -1.86. The van der Waals surface area contributed by atoms with Gasteiger partial charge in [-0.15, -0.1) is 0 Å². The quantitative estimate of drug-likeness (QED) is 0.130. The molecule has 0 atom stereocenters. The van der Waals surface area contributed by atoms with Crippen molar-refractivity contribution in [2.75, 3.05) is 0 Å². The highest BCUT2D eigenvalue weighted by atomic mass is 15.0. The zero-order valence-electron chi connectivity index (χ0n) is 95.6. The Kier molecular flexibility index (Phi) is 15.8. The number of aromatic nitrogens is 5. The van der Waals surface area contributed by atoms with Crippen LogP contribution in [0.25, 0.3) is 220 Å². The summed E-state index contributed by atoms with van der Waals surface area (Å²) in [4.78, 5) is 0. The molecule has 130 heavy (non-hydrogen) atoms. The van der Waals surface area contributed by atoms with E-state index in [4.69, 9.17) is 32.9 Å². The molecule has 0 N–H and O–H groups in total. The van der Waals surface area contributed by atoms with E-state index >= 15 is 0 Å². The molecule has 0 aliphatic carbocycles. The number of rotatable bonds is 10. The molecule has 0 bridgehead atoms. The summed E-state index contributed by atoms with van der Waals surface area (Å²) in [6.07, 6.45) is 0. The van der Waals surface area contributed by atoms with Crippen LogP contribution in [0.4, 0.5) is 0 Å². The second kappa shape index (κ2) is 35.4. The lowest BCUT2D eigenvalue weighted by atomic mass is 10.0. The van der Waals surface area contributed by atoms with E-state index in [-0.39, 0.29) is 95.7 Å². The molecule has 0 aliphatic heterocycles. The number of hydrogen-bond acceptors (Lipinski definition) is 0. The maximum Gasteiger partial charge on any atom is 0.0645 e. The number of nitrogens with zero attached hydrogens (tertiary/aromatic N) is 5. The van der Waals surface area contributed by atoms with Crippen LogP contribution in [0.2, 0.25) is 0 Å². The van der Waals surface area contributed by atoms with Gasteiger partial charge in [-0.2, -0.15) is 0 Å². The largest absolute Gasteiger partial charge is 0.344 e. The van der Waals surface area contributed by atoms with Crippen LogP contribution in [0.15, 0.2) is 485 Å². The van der Waals surface area contributed by atoms with Crippen molar-refractivity contribution in [2.24, 2.45) is 35.2 Å². The van der Waals surface area contributed by atoms with Crippen LogP contribution in [0, 0.1) is 0 Å². The number of benzene rings is 20. The Hall–Kier alpha value is -16.6. The second-order valence-corrected chi connectivity index (χ2v) is 31.8. The Morgan fingerprint density at radius 1 is 0.131 bits per heavy atom. The molecule has 0 amide bonds. The van der Waals surface area contributed by atoms with Crippen LogP contribution >= 0.6 is 0 Å². The predicted molar refractivity (Wildman–Crippen MR) is 556 cm³/mol. The van der Waals surface area contributed by atoms with Gasteiger partial charge in [0.2, 0.25) is 0 Å². The fourth-order valence-electron chi connectivity index (χ4n) is 17.4. The molecule has 5 aromatic heterocycles. The first kappa shape index (κ1) is 57.8. The Balaban J connectivity index is 0.000000112. The first-order valence-corrected chi connectivity index (χ1v) is 42.7. The van der Waals surface area contributed by atoms with Crippen molar-refractivity contribution in [1.29, 1.82) is 0 Å². The molecule has 5 heterocycles. The summed E-state index contributed by atoms with van der Waals surface area (Å²) >= 11 is 0. The third kappa shape index (κ3) is 15.8. The molecule has 0 spiro atoms. The molecule has 5 nitrogen and oxygen atoms in total. The summed E-state index contributed by atoms with van der Waals surface area (Å²) in [6.45, 7) is 0. The van der Waals surface area contributed by atoms with Gasteiger partial charge in [-0.05, 0) is 232 Å². The van der Waals surface area contributed by atoms with Gasteiger partial charge < -0.3 is 22.8 Å². The van der Waals surface area contributed by atoms with Crippen LogP contribution < -0.4 is 0 Å². The summed E-state index contributed by atoms with van der Waals surface area (Å²) in [5.74, 6) is 0. The van der Waals surface area contributed by atoms with E-state index in [0.29, 0.717) is 101 Å². The van der Waals surface area contributed by atoms with Crippen molar-refractivity contribution in [3.05, 3.63) is 485 Å². The topological polar surface area (TPSA) is 24.6 Å². The van der Waals surface area contributed by atoms with Gasteiger partial charge >= 0.3 is 0 Å². The zero-order chi connectivity index (χ0) is 108. The minimum absolute atomic E-state index is 0.0554. The molecule has 0 saturated heterocycles. The van der Waals surface area contributed by atoms with Crippen LogP contribution in [0.1, 0.15) is 32.9 Å². The molecule has 0 saturated carbocycles. The zero-order valence-corrected chi connectivity index (χ0v) is 71.6. The molecular weight excluding hydrogens is 1570 g/mol. The molecule has 0 fully saturated rings. The molecule has 0 aliphatic rings. The first-order valence-electron chi connectivity index (χ1n) is 54.7. The molecule has 5 heteroatoms. The SMILES string of the molecule is [2H]c1c(-c2ccccc2)c([2H])c2c3c([2H])c(-c4ccccc4)c([2H])c([2H])c3n(C)c2c1[2H].[2H]c1c([2H])c([2H])c(-c2ccc3c(c2)c2cc(-c4c([2H])c([2H])c([2H])c([2H])c4[2H])ccc2n3C)c([2H])c1[2H].[2H]c1cc2c(c([2H])c1-c1ccccc1)c1c([2H])c(-c3ccccc3)c([2H])cc1n2C.[2H]c1cc2c(cc1-c1ccccc1)c1cc(-c3ccccc3)c([2H])cc1n2C.[2H]c1ccc(-c2ccc3c(c2)c2cc(-c4ccc([2H])cc4)ccc2n3C)cc1. The summed E-state index contributed by atoms with van der Waals surface area (Å²) in [7, 11) is 9.52. The van der Waals surface area contributed by atoms with E-state index in [0.717, 1.165) is 110 Å². The minimum Gasteiger partial charge on any atom is -0.344 e. The van der Waals surface area contributed by atoms with E-state index in [1.165, 1.54) is 21.8 Å². The maximum absolute atomic E-state index is 9.00. The standard InChI is InChI=1S/5C25H19N/c5*1-26-24-14-12-20(18-8-4-2-5-9-18)16-22(24)23-17-21(13-15-25(23)26)19-10-6-3-7-11-19/h5*2-17H,1H3/i2D,3D,4D,5D,6D,7D,8D,9D,10D,11D;12D,13D,14D,15D,16D,17D;12D,13D,16D,17D;12D,13D;2D,3D. The molecule has 620 valence electrons. The third-order valence-corrected chi connectivity index (χ3v) is 24.2. The van der Waals surface area contributed by atoms with Crippen LogP contribution in [0.3, 0.4) is 0 Å². The van der Waals surface area contributed by atoms with Crippen molar-refractivity contribution in [3.63, 3.8) is 0 Å². The minimum atomic E-state index is -0.455. The van der Waals surface area contributed by atoms with E-state index < -0.39 is 36.3 Å². The van der Waals surface area contributed by atoms with Gasteiger partial charge in [0.1, 0.15) is 0 Å².